The Bertz CT molecular complexity index is 121. The second-order valence-electron chi connectivity index (χ2n) is 1.92. The third-order valence-electron chi connectivity index (χ3n) is 1.08. The van der Waals surface area contributed by atoms with Gasteiger partial charge in [0.15, 0.2) is 0 Å². The molecule has 0 fully saturated rings. The molecule has 2 nitrogen and oxygen atoms in total. The fourth-order valence-electron chi connectivity index (χ4n) is 0.510. The Hall–Kier alpha value is -0.167. The average molecular weight is 193 g/mol. The van der Waals surface area contributed by atoms with Crippen LogP contribution in [0.4, 0.5) is 0 Å². The molecule has 0 aromatic rings. The molecule has 0 aromatic heterocycles. The first kappa shape index (κ1) is 9.83. The normalized spacial score (nSPS) is 10.3. The zero-order valence-corrected chi connectivity index (χ0v) is 9.27. The van der Waals surface area contributed by atoms with Crippen LogP contribution < -0.4 is 0 Å². The van der Waals surface area contributed by atoms with Gasteiger partial charge in [-0.1, -0.05) is 0 Å². The maximum absolute atomic E-state index is 10.5. The molecule has 0 heterocycles. The number of allylic oxidation sites excluding steroid dienone is 1. The second-order valence-corrected chi connectivity index (χ2v) is 3.40. The van der Waals surface area contributed by atoms with Crippen molar-refractivity contribution < 1.29 is 27.8 Å². The Morgan fingerprint density at radius 3 is 2.90 bits per heavy atom. The van der Waals surface area contributed by atoms with Crippen molar-refractivity contribution in [3.05, 3.63) is 12.2 Å². The molecule has 0 bridgehead atoms. The fourth-order valence-corrected chi connectivity index (χ4v) is 1.12. The summed E-state index contributed by atoms with van der Waals surface area (Å²) in [6.07, 6.45) is 5.53. The van der Waals surface area contributed by atoms with E-state index >= 15 is 0 Å². The van der Waals surface area contributed by atoms with Gasteiger partial charge in [-0.2, -0.15) is 0 Å². The van der Waals surface area contributed by atoms with Gasteiger partial charge in [-0.15, -0.1) is 0 Å². The van der Waals surface area contributed by atoms with Crippen molar-refractivity contribution in [1.82, 2.24) is 0 Å². The van der Waals surface area contributed by atoms with Gasteiger partial charge in [0, 0.05) is 0 Å². The van der Waals surface area contributed by atoms with Crippen molar-refractivity contribution in [2.75, 3.05) is 7.11 Å². The van der Waals surface area contributed by atoms with Crippen molar-refractivity contribution >= 4 is 5.97 Å². The minimum absolute atomic E-state index is 0.257. The van der Waals surface area contributed by atoms with Gasteiger partial charge in [0.25, 0.3) is 0 Å². The van der Waals surface area contributed by atoms with E-state index < -0.39 is 0 Å². The Morgan fingerprint density at radius 2 is 2.40 bits per heavy atom. The number of hydrogen-bond donors (Lipinski definition) is 0. The predicted molar refractivity (Wildman–Crippen MR) is 35.2 cm³/mol. The second kappa shape index (κ2) is 6.95. The summed E-state index contributed by atoms with van der Waals surface area (Å²) >= 11 is 1.34. The standard InChI is InChI=1S/C7H11O2.Zn/c1-3-4-5-6-7(8)9-2;/h5-6H,1,3-4H2,2H3;. The number of unbranched alkanes of at least 4 members (excludes halogenated alkanes) is 1. The van der Waals surface area contributed by atoms with Crippen LogP contribution in [0.2, 0.25) is 5.02 Å². The van der Waals surface area contributed by atoms with E-state index in [0.717, 1.165) is 6.42 Å². The summed E-state index contributed by atoms with van der Waals surface area (Å²) in [7, 11) is 1.39. The van der Waals surface area contributed by atoms with Crippen molar-refractivity contribution in [3.63, 3.8) is 0 Å². The van der Waals surface area contributed by atoms with Gasteiger partial charge in [-0.25, -0.2) is 0 Å². The molecule has 0 N–H and O–H groups in total. The van der Waals surface area contributed by atoms with Crippen molar-refractivity contribution in [2.24, 2.45) is 0 Å². The summed E-state index contributed by atoms with van der Waals surface area (Å²) in [5.41, 5.74) is 0. The van der Waals surface area contributed by atoms with Crippen LogP contribution in [0.25, 0.3) is 0 Å². The average Bonchev–Trinajstić information content (AvgIpc) is 1.98. The first-order chi connectivity index (χ1) is 4.81. The number of carbonyl (C=O) groups is 1. The summed E-state index contributed by atoms with van der Waals surface area (Å²) in [5.74, 6) is -0.257. The van der Waals surface area contributed by atoms with Gasteiger partial charge in [-0.3, -0.25) is 0 Å². The molecule has 0 atom stereocenters. The third-order valence-corrected chi connectivity index (χ3v) is 2.12. The molecule has 0 unspecified atom stereocenters. The first-order valence-electron chi connectivity index (χ1n) is 3.35. The Kier molecular flexibility index (Phi) is 6.83. The van der Waals surface area contributed by atoms with Gasteiger partial charge in [0.05, 0.1) is 0 Å². The molecule has 0 saturated heterocycles. The Labute approximate surface area is 71.3 Å². The molecular weight excluding hydrogens is 181 g/mol. The zero-order chi connectivity index (χ0) is 7.82. The number of ether oxygens (including phenoxy) is 1. The Balaban J connectivity index is 3.27. The van der Waals surface area contributed by atoms with E-state index in [0.29, 0.717) is 0 Å². The van der Waals surface area contributed by atoms with E-state index in [9.17, 15) is 4.79 Å². The molecule has 0 aliphatic heterocycles. The van der Waals surface area contributed by atoms with Crippen molar-refractivity contribution in [2.45, 2.75) is 17.9 Å². The van der Waals surface area contributed by atoms with Crippen LogP contribution >= 0.6 is 0 Å². The van der Waals surface area contributed by atoms with E-state index in [-0.39, 0.29) is 5.97 Å². The summed E-state index contributed by atoms with van der Waals surface area (Å²) < 4.78 is 4.41. The number of hydrogen-bond acceptors (Lipinski definition) is 2. The molecule has 53 valence electrons. The first-order valence-corrected chi connectivity index (χ1v) is 5.44. The summed E-state index contributed by atoms with van der Waals surface area (Å²) in [4.78, 5) is 10.5. The molecule has 10 heavy (non-hydrogen) atoms. The molecule has 0 amide bonds. The van der Waals surface area contributed by atoms with Crippen molar-refractivity contribution in [1.29, 1.82) is 0 Å². The van der Waals surface area contributed by atoms with Crippen LogP contribution in [-0.4, -0.2) is 13.1 Å². The van der Waals surface area contributed by atoms with Crippen LogP contribution in [-0.2, 0) is 27.8 Å². The molecule has 0 aliphatic carbocycles. The third kappa shape index (κ3) is 5.96. The maximum atomic E-state index is 10.5. The molecular formula is C7H11O2Zn. The summed E-state index contributed by atoms with van der Waals surface area (Å²) in [5, 5.41) is 1.28. The van der Waals surface area contributed by atoms with Gasteiger partial charge in [0.1, 0.15) is 0 Å². The van der Waals surface area contributed by atoms with Crippen LogP contribution in [0.5, 0.6) is 0 Å². The monoisotopic (exact) mass is 191 g/mol. The van der Waals surface area contributed by atoms with Crippen LogP contribution in [0.3, 0.4) is 0 Å². The molecule has 3 heteroatoms. The van der Waals surface area contributed by atoms with E-state index in [2.05, 4.69) is 4.74 Å². The number of methoxy groups -OCH3 is 1. The molecule has 0 rings (SSSR count). The van der Waals surface area contributed by atoms with E-state index in [4.69, 9.17) is 0 Å². The minimum atomic E-state index is -0.257. The van der Waals surface area contributed by atoms with Crippen LogP contribution in [0.1, 0.15) is 12.8 Å². The number of esters is 1. The molecule has 0 saturated carbocycles. The van der Waals surface area contributed by atoms with E-state index in [1.807, 2.05) is 6.08 Å². The van der Waals surface area contributed by atoms with E-state index in [1.165, 1.54) is 42.9 Å². The van der Waals surface area contributed by atoms with Crippen LogP contribution in [0.15, 0.2) is 12.2 Å². The summed E-state index contributed by atoms with van der Waals surface area (Å²) in [6.45, 7) is 0. The predicted octanol–water partition coefficient (Wildman–Crippen LogP) is 1.46. The van der Waals surface area contributed by atoms with Crippen molar-refractivity contribution in [3.8, 4) is 0 Å². The number of carbonyl (C=O) groups excluding carboxylic acids is 1. The molecule has 0 aliphatic rings. The zero-order valence-electron chi connectivity index (χ0n) is 6.30. The Morgan fingerprint density at radius 1 is 1.70 bits per heavy atom. The quantitative estimate of drug-likeness (QED) is 0.292. The summed E-state index contributed by atoms with van der Waals surface area (Å²) in [6, 6.07) is 0. The molecule has 0 spiro atoms. The fraction of sp³-hybridized carbons (Fsp3) is 0.571. The number of rotatable bonds is 4. The van der Waals surface area contributed by atoms with Gasteiger partial charge < -0.3 is 0 Å². The topological polar surface area (TPSA) is 26.3 Å². The van der Waals surface area contributed by atoms with E-state index in [1.54, 1.807) is 0 Å². The van der Waals surface area contributed by atoms with Gasteiger partial charge >= 0.3 is 70.9 Å². The molecule has 0 aromatic carbocycles. The van der Waals surface area contributed by atoms with Crippen LogP contribution in [0, 0.1) is 0 Å². The molecule has 0 radical (unpaired) electrons. The van der Waals surface area contributed by atoms with Gasteiger partial charge in [-0.05, 0) is 0 Å². The SMILES string of the molecule is COC(=O)C=CCC[CH2][Zn]. The van der Waals surface area contributed by atoms with Gasteiger partial charge in [0.2, 0.25) is 0 Å².